The van der Waals surface area contributed by atoms with Gasteiger partial charge in [-0.25, -0.2) is 0 Å². The van der Waals surface area contributed by atoms with Crippen molar-refractivity contribution in [2.24, 2.45) is 0 Å². The minimum absolute atomic E-state index is 0.735. The van der Waals surface area contributed by atoms with Crippen LogP contribution in [0, 0.1) is 0 Å². The Labute approximate surface area is 103 Å². The number of hydrogen-bond acceptors (Lipinski definition) is 2. The molecule has 1 unspecified atom stereocenters. The van der Waals surface area contributed by atoms with E-state index in [1.54, 1.807) is 0 Å². The molecule has 3 heteroatoms. The van der Waals surface area contributed by atoms with Gasteiger partial charge < -0.3 is 0 Å². The molecule has 0 N–H and O–H groups in total. The standard InChI is InChI=1S/C13H19ClN2/c14-7-1-5-13-6-3-9-16(13)11-12-4-2-8-15-10-12/h2,4,8,10,13H,1,3,5-7,9,11H2. The molecule has 2 rings (SSSR count). The van der Waals surface area contributed by atoms with Gasteiger partial charge in [0.05, 0.1) is 0 Å². The molecule has 0 radical (unpaired) electrons. The van der Waals surface area contributed by atoms with Crippen molar-refractivity contribution in [1.29, 1.82) is 0 Å². The van der Waals surface area contributed by atoms with Gasteiger partial charge >= 0.3 is 0 Å². The highest BCUT2D eigenvalue weighted by Gasteiger charge is 2.23. The van der Waals surface area contributed by atoms with E-state index in [4.69, 9.17) is 11.6 Å². The molecule has 0 amide bonds. The van der Waals surface area contributed by atoms with Crippen molar-refractivity contribution in [3.8, 4) is 0 Å². The van der Waals surface area contributed by atoms with Gasteiger partial charge in [0.1, 0.15) is 0 Å². The number of likely N-dealkylation sites (tertiary alicyclic amines) is 1. The summed E-state index contributed by atoms with van der Waals surface area (Å²) in [6, 6.07) is 4.90. The van der Waals surface area contributed by atoms with Gasteiger partial charge in [-0.2, -0.15) is 0 Å². The average Bonchev–Trinajstić information content (AvgIpc) is 2.75. The maximum atomic E-state index is 5.76. The summed E-state index contributed by atoms with van der Waals surface area (Å²) in [6.45, 7) is 2.27. The van der Waals surface area contributed by atoms with E-state index < -0.39 is 0 Å². The Hall–Kier alpha value is -0.600. The first kappa shape index (κ1) is 11.9. The molecule has 1 fully saturated rings. The highest BCUT2D eigenvalue weighted by atomic mass is 35.5. The van der Waals surface area contributed by atoms with Crippen molar-refractivity contribution in [2.75, 3.05) is 12.4 Å². The van der Waals surface area contributed by atoms with Crippen LogP contribution in [0.4, 0.5) is 0 Å². The van der Waals surface area contributed by atoms with Gasteiger partial charge in [-0.05, 0) is 43.9 Å². The molecular weight excluding hydrogens is 220 g/mol. The van der Waals surface area contributed by atoms with Crippen LogP contribution in [-0.2, 0) is 6.54 Å². The molecule has 0 aliphatic carbocycles. The van der Waals surface area contributed by atoms with E-state index in [0.717, 1.165) is 24.9 Å². The SMILES string of the molecule is ClCCCC1CCCN1Cc1cccnc1. The molecule has 1 aromatic heterocycles. The van der Waals surface area contributed by atoms with Gasteiger partial charge in [0.2, 0.25) is 0 Å². The summed E-state index contributed by atoms with van der Waals surface area (Å²) in [7, 11) is 0. The second-order valence-electron chi connectivity index (χ2n) is 4.46. The molecule has 0 bridgehead atoms. The molecule has 1 aliphatic rings. The lowest BCUT2D eigenvalue weighted by atomic mass is 10.1. The average molecular weight is 239 g/mol. The van der Waals surface area contributed by atoms with Crippen molar-refractivity contribution in [3.05, 3.63) is 30.1 Å². The van der Waals surface area contributed by atoms with Gasteiger partial charge in [0.25, 0.3) is 0 Å². The second kappa shape index (κ2) is 6.21. The Morgan fingerprint density at radius 1 is 1.50 bits per heavy atom. The number of hydrogen-bond donors (Lipinski definition) is 0. The number of rotatable bonds is 5. The van der Waals surface area contributed by atoms with Crippen molar-refractivity contribution in [1.82, 2.24) is 9.88 Å². The summed E-state index contributed by atoms with van der Waals surface area (Å²) >= 11 is 5.76. The summed E-state index contributed by atoms with van der Waals surface area (Å²) in [5.74, 6) is 0.789. The van der Waals surface area contributed by atoms with Crippen LogP contribution in [-0.4, -0.2) is 28.4 Å². The molecule has 2 nitrogen and oxygen atoms in total. The number of halogens is 1. The van der Waals surface area contributed by atoms with Crippen molar-refractivity contribution < 1.29 is 0 Å². The third-order valence-corrected chi connectivity index (χ3v) is 3.55. The highest BCUT2D eigenvalue weighted by Crippen LogP contribution is 2.23. The normalized spacial score (nSPS) is 21.4. The summed E-state index contributed by atoms with van der Waals surface area (Å²) in [5.41, 5.74) is 1.32. The predicted molar refractivity (Wildman–Crippen MR) is 67.6 cm³/mol. The topological polar surface area (TPSA) is 16.1 Å². The molecule has 1 aromatic rings. The van der Waals surface area contributed by atoms with Gasteiger partial charge in [0.15, 0.2) is 0 Å². The lowest BCUT2D eigenvalue weighted by Crippen LogP contribution is -2.28. The summed E-state index contributed by atoms with van der Waals surface area (Å²) in [5, 5.41) is 0. The quantitative estimate of drug-likeness (QED) is 0.733. The van der Waals surface area contributed by atoms with Gasteiger partial charge in [0, 0.05) is 30.9 Å². The molecule has 0 spiro atoms. The minimum atomic E-state index is 0.735. The molecule has 16 heavy (non-hydrogen) atoms. The maximum absolute atomic E-state index is 5.76. The molecular formula is C13H19ClN2. The van der Waals surface area contributed by atoms with Gasteiger partial charge in [-0.15, -0.1) is 11.6 Å². The smallest absolute Gasteiger partial charge is 0.0312 e. The zero-order valence-electron chi connectivity index (χ0n) is 9.61. The van der Waals surface area contributed by atoms with Crippen molar-refractivity contribution in [2.45, 2.75) is 38.3 Å². The van der Waals surface area contributed by atoms with E-state index in [0.29, 0.717) is 0 Å². The number of nitrogens with zero attached hydrogens (tertiary/aromatic N) is 2. The zero-order chi connectivity index (χ0) is 11.2. The molecule has 1 saturated heterocycles. The highest BCUT2D eigenvalue weighted by molar-refractivity contribution is 6.17. The first-order valence-corrected chi connectivity index (χ1v) is 6.62. The van der Waals surface area contributed by atoms with Crippen LogP contribution in [0.5, 0.6) is 0 Å². The van der Waals surface area contributed by atoms with Gasteiger partial charge in [-0.3, -0.25) is 9.88 Å². The Morgan fingerprint density at radius 2 is 2.44 bits per heavy atom. The fourth-order valence-electron chi connectivity index (χ4n) is 2.47. The lowest BCUT2D eigenvalue weighted by Gasteiger charge is -2.24. The second-order valence-corrected chi connectivity index (χ2v) is 4.84. The molecule has 0 aromatic carbocycles. The van der Waals surface area contributed by atoms with Crippen molar-refractivity contribution in [3.63, 3.8) is 0 Å². The van der Waals surface area contributed by atoms with E-state index in [1.165, 1.54) is 31.4 Å². The Bertz CT molecular complexity index is 302. The van der Waals surface area contributed by atoms with Crippen LogP contribution in [0.3, 0.4) is 0 Å². The number of pyridine rings is 1. The Balaban J connectivity index is 1.88. The van der Waals surface area contributed by atoms with Gasteiger partial charge in [-0.1, -0.05) is 6.07 Å². The number of aromatic nitrogens is 1. The molecule has 88 valence electrons. The van der Waals surface area contributed by atoms with Crippen molar-refractivity contribution >= 4 is 11.6 Å². The summed E-state index contributed by atoms with van der Waals surface area (Å²) in [6.07, 6.45) is 8.83. The minimum Gasteiger partial charge on any atom is -0.296 e. The van der Waals surface area contributed by atoms with E-state index in [-0.39, 0.29) is 0 Å². The fraction of sp³-hybridized carbons (Fsp3) is 0.615. The van der Waals surface area contributed by atoms with Crippen LogP contribution in [0.25, 0.3) is 0 Å². The molecule has 1 aliphatic heterocycles. The monoisotopic (exact) mass is 238 g/mol. The number of alkyl halides is 1. The van der Waals surface area contributed by atoms with Crippen LogP contribution in [0.15, 0.2) is 24.5 Å². The maximum Gasteiger partial charge on any atom is 0.0312 e. The third-order valence-electron chi connectivity index (χ3n) is 3.28. The van der Waals surface area contributed by atoms with E-state index in [9.17, 15) is 0 Å². The zero-order valence-corrected chi connectivity index (χ0v) is 10.4. The largest absolute Gasteiger partial charge is 0.296 e. The fourth-order valence-corrected chi connectivity index (χ4v) is 2.62. The molecule has 1 atom stereocenters. The lowest BCUT2D eigenvalue weighted by molar-refractivity contribution is 0.233. The van der Waals surface area contributed by atoms with E-state index in [1.807, 2.05) is 18.5 Å². The first-order chi connectivity index (χ1) is 7.90. The summed E-state index contributed by atoms with van der Waals surface area (Å²) in [4.78, 5) is 6.74. The Morgan fingerprint density at radius 3 is 3.19 bits per heavy atom. The van der Waals surface area contributed by atoms with Crippen LogP contribution < -0.4 is 0 Å². The Kier molecular flexibility index (Phi) is 4.61. The molecule has 2 heterocycles. The van der Waals surface area contributed by atoms with E-state index >= 15 is 0 Å². The van der Waals surface area contributed by atoms with Crippen LogP contribution >= 0.6 is 11.6 Å². The first-order valence-electron chi connectivity index (χ1n) is 6.09. The summed E-state index contributed by atoms with van der Waals surface area (Å²) < 4.78 is 0. The predicted octanol–water partition coefficient (Wildman–Crippen LogP) is 3.07. The third kappa shape index (κ3) is 3.19. The van der Waals surface area contributed by atoms with Crippen LogP contribution in [0.2, 0.25) is 0 Å². The van der Waals surface area contributed by atoms with E-state index in [2.05, 4.69) is 16.0 Å². The molecule has 0 saturated carbocycles. The van der Waals surface area contributed by atoms with Crippen LogP contribution in [0.1, 0.15) is 31.2 Å².